The van der Waals surface area contributed by atoms with Gasteiger partial charge in [-0.1, -0.05) is 6.07 Å². The van der Waals surface area contributed by atoms with E-state index in [1.807, 2.05) is 6.92 Å². The van der Waals surface area contributed by atoms with E-state index in [1.54, 1.807) is 6.07 Å². The number of nitrogens with zero attached hydrogens (tertiary/aromatic N) is 1. The Labute approximate surface area is 118 Å². The first-order chi connectivity index (χ1) is 9.38. The Bertz CT molecular complexity index is 457. The third-order valence-electron chi connectivity index (χ3n) is 3.81. The lowest BCUT2D eigenvalue weighted by Gasteiger charge is -2.31. The van der Waals surface area contributed by atoms with Crippen LogP contribution in [0.5, 0.6) is 0 Å². The van der Waals surface area contributed by atoms with Crippen LogP contribution in [0.4, 0.5) is 18.9 Å². The summed E-state index contributed by atoms with van der Waals surface area (Å²) in [6, 6.07) is 4.42. The minimum absolute atomic E-state index is 0.406. The molecule has 0 aliphatic carbocycles. The second kappa shape index (κ2) is 6.04. The average Bonchev–Trinajstić information content (AvgIpc) is 2.34. The molecule has 1 aliphatic heterocycles. The van der Waals surface area contributed by atoms with Crippen molar-refractivity contribution in [3.8, 4) is 0 Å². The van der Waals surface area contributed by atoms with E-state index in [0.29, 0.717) is 11.7 Å². The number of anilines is 1. The van der Waals surface area contributed by atoms with Crippen LogP contribution in [-0.2, 0) is 6.18 Å². The number of alkyl halides is 3. The lowest BCUT2D eigenvalue weighted by Crippen LogP contribution is -2.38. The molecule has 1 aromatic rings. The standard InChI is InChI=1S/C15H21F3N2/c1-11-4-5-13(15(16,17)18)10-14(11)20-8-3-7-19-12(2)6-9-20/h4-5,10,12,19H,3,6-9H2,1-2H3. The maximum atomic E-state index is 12.8. The number of benzene rings is 1. The van der Waals surface area contributed by atoms with Crippen molar-refractivity contribution in [3.05, 3.63) is 29.3 Å². The zero-order valence-electron chi connectivity index (χ0n) is 11.9. The van der Waals surface area contributed by atoms with E-state index >= 15 is 0 Å². The summed E-state index contributed by atoms with van der Waals surface area (Å²) in [6.45, 7) is 6.48. The van der Waals surface area contributed by atoms with Gasteiger partial charge in [0.2, 0.25) is 0 Å². The molecular formula is C15H21F3N2. The molecule has 0 amide bonds. The highest BCUT2D eigenvalue weighted by Gasteiger charge is 2.31. The summed E-state index contributed by atoms with van der Waals surface area (Å²) in [5.41, 5.74) is 1.06. The van der Waals surface area contributed by atoms with Crippen LogP contribution in [0.3, 0.4) is 0 Å². The van der Waals surface area contributed by atoms with E-state index < -0.39 is 11.7 Å². The molecule has 2 nitrogen and oxygen atoms in total. The predicted molar refractivity (Wildman–Crippen MR) is 75.1 cm³/mol. The smallest absolute Gasteiger partial charge is 0.371 e. The minimum Gasteiger partial charge on any atom is -0.371 e. The normalized spacial score (nSPS) is 21.4. The van der Waals surface area contributed by atoms with E-state index in [1.165, 1.54) is 6.07 Å². The van der Waals surface area contributed by atoms with Gasteiger partial charge in [-0.3, -0.25) is 0 Å². The van der Waals surface area contributed by atoms with Crippen molar-refractivity contribution in [3.63, 3.8) is 0 Å². The Morgan fingerprint density at radius 2 is 2.00 bits per heavy atom. The lowest BCUT2D eigenvalue weighted by atomic mass is 10.1. The quantitative estimate of drug-likeness (QED) is 0.848. The third kappa shape index (κ3) is 3.66. The van der Waals surface area contributed by atoms with Crippen LogP contribution in [0.1, 0.15) is 30.9 Å². The van der Waals surface area contributed by atoms with Crippen LogP contribution < -0.4 is 10.2 Å². The predicted octanol–water partition coefficient (Wildman–Crippen LogP) is 3.59. The van der Waals surface area contributed by atoms with E-state index in [9.17, 15) is 13.2 Å². The molecule has 5 heteroatoms. The molecule has 0 radical (unpaired) electrons. The van der Waals surface area contributed by atoms with Gasteiger partial charge in [0.15, 0.2) is 0 Å². The first-order valence-electron chi connectivity index (χ1n) is 7.04. The zero-order chi connectivity index (χ0) is 14.8. The average molecular weight is 286 g/mol. The fourth-order valence-electron chi connectivity index (χ4n) is 2.55. The van der Waals surface area contributed by atoms with Gasteiger partial charge >= 0.3 is 6.18 Å². The van der Waals surface area contributed by atoms with Gasteiger partial charge in [0.05, 0.1) is 5.56 Å². The van der Waals surface area contributed by atoms with Gasteiger partial charge in [-0.25, -0.2) is 0 Å². The van der Waals surface area contributed by atoms with E-state index in [0.717, 1.165) is 44.1 Å². The van der Waals surface area contributed by atoms with Crippen LogP contribution in [0.15, 0.2) is 18.2 Å². The number of hydrogen-bond donors (Lipinski definition) is 1. The summed E-state index contributed by atoms with van der Waals surface area (Å²) in [5.74, 6) is 0. The molecule has 1 saturated heterocycles. The van der Waals surface area contributed by atoms with Gasteiger partial charge in [-0.2, -0.15) is 13.2 Å². The van der Waals surface area contributed by atoms with Crippen molar-refractivity contribution < 1.29 is 13.2 Å². The topological polar surface area (TPSA) is 15.3 Å². The fourth-order valence-corrected chi connectivity index (χ4v) is 2.55. The zero-order valence-corrected chi connectivity index (χ0v) is 11.9. The van der Waals surface area contributed by atoms with E-state index in [-0.39, 0.29) is 0 Å². The van der Waals surface area contributed by atoms with Crippen LogP contribution >= 0.6 is 0 Å². The molecule has 0 saturated carbocycles. The van der Waals surface area contributed by atoms with E-state index in [2.05, 4.69) is 17.1 Å². The molecule has 0 spiro atoms. The van der Waals surface area contributed by atoms with Crippen molar-refractivity contribution in [2.75, 3.05) is 24.5 Å². The van der Waals surface area contributed by atoms with Gasteiger partial charge in [-0.05, 0) is 50.9 Å². The molecule has 1 N–H and O–H groups in total. The maximum Gasteiger partial charge on any atom is 0.416 e. The van der Waals surface area contributed by atoms with Crippen molar-refractivity contribution >= 4 is 5.69 Å². The van der Waals surface area contributed by atoms with Crippen molar-refractivity contribution in [2.45, 2.75) is 38.9 Å². The summed E-state index contributed by atoms with van der Waals surface area (Å²) in [6.07, 6.45) is -2.39. The van der Waals surface area contributed by atoms with Crippen LogP contribution in [0.25, 0.3) is 0 Å². The van der Waals surface area contributed by atoms with E-state index in [4.69, 9.17) is 0 Å². The molecule has 1 fully saturated rings. The summed E-state index contributed by atoms with van der Waals surface area (Å²) in [5, 5.41) is 3.40. The maximum absolute atomic E-state index is 12.8. The summed E-state index contributed by atoms with van der Waals surface area (Å²) in [4.78, 5) is 2.09. The first-order valence-corrected chi connectivity index (χ1v) is 7.04. The highest BCUT2D eigenvalue weighted by molar-refractivity contribution is 5.55. The summed E-state index contributed by atoms with van der Waals surface area (Å²) >= 11 is 0. The largest absolute Gasteiger partial charge is 0.416 e. The molecule has 0 aromatic heterocycles. The molecule has 0 bridgehead atoms. The minimum atomic E-state index is -4.28. The fraction of sp³-hybridized carbons (Fsp3) is 0.600. The SMILES string of the molecule is Cc1ccc(C(F)(F)F)cc1N1CCCNC(C)CC1. The second-order valence-corrected chi connectivity index (χ2v) is 5.48. The van der Waals surface area contributed by atoms with Crippen LogP contribution in [0, 0.1) is 6.92 Å². The number of aryl methyl sites for hydroxylation is 1. The number of halogens is 3. The Morgan fingerprint density at radius 1 is 1.25 bits per heavy atom. The molecule has 2 rings (SSSR count). The summed E-state index contributed by atoms with van der Waals surface area (Å²) in [7, 11) is 0. The third-order valence-corrected chi connectivity index (χ3v) is 3.81. The van der Waals surface area contributed by atoms with Crippen LogP contribution in [-0.4, -0.2) is 25.7 Å². The van der Waals surface area contributed by atoms with Crippen molar-refractivity contribution in [1.82, 2.24) is 5.32 Å². The highest BCUT2D eigenvalue weighted by Crippen LogP contribution is 2.33. The molecule has 1 heterocycles. The van der Waals surface area contributed by atoms with Gasteiger partial charge in [0.25, 0.3) is 0 Å². The Hall–Kier alpha value is -1.23. The van der Waals surface area contributed by atoms with Crippen molar-refractivity contribution in [1.29, 1.82) is 0 Å². The molecular weight excluding hydrogens is 265 g/mol. The van der Waals surface area contributed by atoms with Gasteiger partial charge in [-0.15, -0.1) is 0 Å². The molecule has 20 heavy (non-hydrogen) atoms. The Kier molecular flexibility index (Phi) is 4.58. The molecule has 1 unspecified atom stereocenters. The van der Waals surface area contributed by atoms with Gasteiger partial charge < -0.3 is 10.2 Å². The molecule has 112 valence electrons. The number of nitrogens with one attached hydrogen (secondary N) is 1. The van der Waals surface area contributed by atoms with Gasteiger partial charge in [0, 0.05) is 24.8 Å². The lowest BCUT2D eigenvalue weighted by molar-refractivity contribution is -0.137. The Balaban J connectivity index is 2.25. The monoisotopic (exact) mass is 286 g/mol. The number of rotatable bonds is 1. The first kappa shape index (κ1) is 15.2. The van der Waals surface area contributed by atoms with Gasteiger partial charge in [0.1, 0.15) is 0 Å². The summed E-state index contributed by atoms with van der Waals surface area (Å²) < 4.78 is 38.5. The molecule has 1 aromatic carbocycles. The molecule has 1 aliphatic rings. The number of hydrogen-bond acceptors (Lipinski definition) is 2. The van der Waals surface area contributed by atoms with Crippen LogP contribution in [0.2, 0.25) is 0 Å². The Morgan fingerprint density at radius 3 is 2.70 bits per heavy atom. The second-order valence-electron chi connectivity index (χ2n) is 5.48. The van der Waals surface area contributed by atoms with Crippen molar-refractivity contribution in [2.24, 2.45) is 0 Å². The highest BCUT2D eigenvalue weighted by atomic mass is 19.4. The molecule has 1 atom stereocenters.